The van der Waals surface area contributed by atoms with Crippen LogP contribution < -0.4 is 10.6 Å². The first kappa shape index (κ1) is 16.6. The van der Waals surface area contributed by atoms with Gasteiger partial charge < -0.3 is 10.6 Å². The van der Waals surface area contributed by atoms with Crippen molar-refractivity contribution in [2.45, 2.75) is 25.3 Å². The summed E-state index contributed by atoms with van der Waals surface area (Å²) in [6.45, 7) is 0.704. The zero-order valence-corrected chi connectivity index (χ0v) is 15.3. The minimum absolute atomic E-state index is 0.0219. The number of carbonyl (C=O) groups is 1. The van der Waals surface area contributed by atoms with Gasteiger partial charge in [-0.1, -0.05) is 0 Å². The molecule has 0 radical (unpaired) electrons. The molecule has 4 aromatic heterocycles. The fraction of sp³-hybridized carbons (Fsp3) is 0.333. The molecule has 142 valence electrons. The largest absolute Gasteiger partial charge is 0.354 e. The molecule has 5 heterocycles. The number of hydrogen-bond acceptors (Lipinski definition) is 7. The van der Waals surface area contributed by atoms with Crippen molar-refractivity contribution in [3.05, 3.63) is 30.7 Å². The number of nitrogens with one attached hydrogen (secondary N) is 2. The quantitative estimate of drug-likeness (QED) is 0.550. The van der Waals surface area contributed by atoms with E-state index in [-0.39, 0.29) is 11.9 Å². The third-order valence-corrected chi connectivity index (χ3v) is 4.83. The third kappa shape index (κ3) is 2.82. The SMILES string of the molecule is Cn1cc(-c2nc3c4ncccc4nc(N[C@@H]4CCCCNC4=O)n3n2)cn1. The van der Waals surface area contributed by atoms with Gasteiger partial charge in [-0.25, -0.2) is 9.97 Å². The van der Waals surface area contributed by atoms with Crippen LogP contribution in [0.2, 0.25) is 0 Å². The lowest BCUT2D eigenvalue weighted by atomic mass is 10.1. The maximum atomic E-state index is 12.4. The molecule has 1 fully saturated rings. The second kappa shape index (κ2) is 6.55. The Labute approximate surface area is 160 Å². The number of aryl methyl sites for hydroxylation is 1. The Balaban J connectivity index is 1.66. The summed E-state index contributed by atoms with van der Waals surface area (Å²) in [7, 11) is 1.84. The Morgan fingerprint density at radius 2 is 2.21 bits per heavy atom. The molecule has 4 aromatic rings. The van der Waals surface area contributed by atoms with E-state index in [0.717, 1.165) is 24.8 Å². The van der Waals surface area contributed by atoms with Crippen LogP contribution in [0.5, 0.6) is 0 Å². The third-order valence-electron chi connectivity index (χ3n) is 4.83. The Bertz CT molecular complexity index is 1180. The highest BCUT2D eigenvalue weighted by Gasteiger charge is 2.23. The standard InChI is InChI=1S/C18H19N9O/c1-26-10-11(9-21-26)15-24-16-14-12(6-4-8-19-14)22-18(27(16)25-15)23-13-5-2-3-7-20-17(13)28/h4,6,8-10,13H,2-3,5,7H2,1H3,(H,20,28)(H,22,23)/t13-/m1/s1. The zero-order chi connectivity index (χ0) is 19.1. The lowest BCUT2D eigenvalue weighted by Crippen LogP contribution is -2.38. The summed E-state index contributed by atoms with van der Waals surface area (Å²) >= 11 is 0. The Hall–Kier alpha value is -3.56. The highest BCUT2D eigenvalue weighted by molar-refractivity contribution is 5.90. The number of amides is 1. The van der Waals surface area contributed by atoms with Crippen LogP contribution in [0.4, 0.5) is 5.95 Å². The van der Waals surface area contributed by atoms with Crippen LogP contribution in [0.1, 0.15) is 19.3 Å². The summed E-state index contributed by atoms with van der Waals surface area (Å²) in [5.41, 5.74) is 2.73. The van der Waals surface area contributed by atoms with Gasteiger partial charge in [-0.3, -0.25) is 14.5 Å². The Morgan fingerprint density at radius 1 is 1.29 bits per heavy atom. The summed E-state index contributed by atoms with van der Waals surface area (Å²) in [5, 5.41) is 15.0. The van der Waals surface area contributed by atoms with Gasteiger partial charge in [-0.15, -0.1) is 5.10 Å². The molecule has 0 unspecified atom stereocenters. The van der Waals surface area contributed by atoms with Crippen molar-refractivity contribution in [2.75, 3.05) is 11.9 Å². The van der Waals surface area contributed by atoms with Gasteiger partial charge in [0.2, 0.25) is 11.9 Å². The summed E-state index contributed by atoms with van der Waals surface area (Å²) in [6, 6.07) is 3.34. The minimum Gasteiger partial charge on any atom is -0.354 e. The lowest BCUT2D eigenvalue weighted by molar-refractivity contribution is -0.121. The van der Waals surface area contributed by atoms with Crippen LogP contribution >= 0.6 is 0 Å². The molecule has 1 saturated heterocycles. The van der Waals surface area contributed by atoms with Crippen molar-refractivity contribution < 1.29 is 4.79 Å². The molecule has 1 aliphatic rings. The van der Waals surface area contributed by atoms with E-state index >= 15 is 0 Å². The predicted molar refractivity (Wildman–Crippen MR) is 103 cm³/mol. The Kier molecular flexibility index (Phi) is 3.89. The maximum Gasteiger partial charge on any atom is 0.242 e. The summed E-state index contributed by atoms with van der Waals surface area (Å²) in [4.78, 5) is 26.1. The summed E-state index contributed by atoms with van der Waals surface area (Å²) in [6.07, 6.45) is 7.95. The van der Waals surface area contributed by atoms with Crippen molar-refractivity contribution >= 4 is 28.5 Å². The predicted octanol–water partition coefficient (Wildman–Crippen LogP) is 1.15. The number of fused-ring (bicyclic) bond motifs is 3. The van der Waals surface area contributed by atoms with E-state index in [1.807, 2.05) is 25.4 Å². The number of aromatic nitrogens is 7. The highest BCUT2D eigenvalue weighted by Crippen LogP contribution is 2.23. The maximum absolute atomic E-state index is 12.4. The van der Waals surface area contributed by atoms with E-state index in [1.165, 1.54) is 0 Å². The number of anilines is 1. The number of nitrogens with zero attached hydrogens (tertiary/aromatic N) is 7. The van der Waals surface area contributed by atoms with E-state index in [4.69, 9.17) is 0 Å². The van der Waals surface area contributed by atoms with Gasteiger partial charge in [0.1, 0.15) is 11.6 Å². The van der Waals surface area contributed by atoms with Crippen molar-refractivity contribution in [1.82, 2.24) is 39.7 Å². The molecule has 10 nitrogen and oxygen atoms in total. The second-order valence-electron chi connectivity index (χ2n) is 6.86. The number of pyridine rings is 1. The molecule has 28 heavy (non-hydrogen) atoms. The van der Waals surface area contributed by atoms with Gasteiger partial charge >= 0.3 is 0 Å². The van der Waals surface area contributed by atoms with Crippen LogP contribution in [0.3, 0.4) is 0 Å². The van der Waals surface area contributed by atoms with Crippen molar-refractivity contribution in [1.29, 1.82) is 0 Å². The van der Waals surface area contributed by atoms with Crippen LogP contribution in [-0.4, -0.2) is 52.8 Å². The lowest BCUT2D eigenvalue weighted by Gasteiger charge is -2.16. The first-order valence-corrected chi connectivity index (χ1v) is 9.24. The molecule has 1 amide bonds. The number of hydrogen-bond donors (Lipinski definition) is 2. The van der Waals surface area contributed by atoms with Gasteiger partial charge in [0, 0.05) is 26.0 Å². The molecule has 10 heteroatoms. The topological polar surface area (TPSA) is 115 Å². The minimum atomic E-state index is -0.363. The van der Waals surface area contributed by atoms with E-state index in [9.17, 15) is 4.79 Å². The molecule has 2 N–H and O–H groups in total. The molecule has 0 aromatic carbocycles. The van der Waals surface area contributed by atoms with Gasteiger partial charge in [0.05, 0.1) is 17.3 Å². The molecule has 0 aliphatic carbocycles. The highest BCUT2D eigenvalue weighted by atomic mass is 16.2. The molecule has 1 aliphatic heterocycles. The molecular weight excluding hydrogens is 358 g/mol. The normalized spacial score (nSPS) is 17.6. The van der Waals surface area contributed by atoms with E-state index < -0.39 is 0 Å². The zero-order valence-electron chi connectivity index (χ0n) is 15.3. The van der Waals surface area contributed by atoms with Crippen molar-refractivity contribution in [3.8, 4) is 11.4 Å². The van der Waals surface area contributed by atoms with E-state index in [2.05, 4.69) is 35.8 Å². The smallest absolute Gasteiger partial charge is 0.242 e. The molecular formula is C18H19N9O. The van der Waals surface area contributed by atoms with Crippen LogP contribution in [0, 0.1) is 0 Å². The number of rotatable bonds is 3. The first-order chi connectivity index (χ1) is 13.7. The fourth-order valence-electron chi connectivity index (χ4n) is 3.42. The molecule has 0 bridgehead atoms. The van der Waals surface area contributed by atoms with Crippen LogP contribution in [-0.2, 0) is 11.8 Å². The van der Waals surface area contributed by atoms with Crippen LogP contribution in [0.25, 0.3) is 28.1 Å². The average molecular weight is 377 g/mol. The average Bonchev–Trinajstić information content (AvgIpc) is 3.28. The fourth-order valence-corrected chi connectivity index (χ4v) is 3.42. The van der Waals surface area contributed by atoms with Crippen LogP contribution in [0.15, 0.2) is 30.7 Å². The summed E-state index contributed by atoms with van der Waals surface area (Å²) in [5.74, 6) is 0.980. The van der Waals surface area contributed by atoms with Gasteiger partial charge in [-0.05, 0) is 31.4 Å². The first-order valence-electron chi connectivity index (χ1n) is 9.24. The Morgan fingerprint density at radius 3 is 3.07 bits per heavy atom. The van der Waals surface area contributed by atoms with Gasteiger partial charge in [-0.2, -0.15) is 9.61 Å². The molecule has 0 spiro atoms. The molecule has 1 atom stereocenters. The van der Waals surface area contributed by atoms with Crippen molar-refractivity contribution in [2.24, 2.45) is 7.05 Å². The van der Waals surface area contributed by atoms with E-state index in [0.29, 0.717) is 35.0 Å². The monoisotopic (exact) mass is 377 g/mol. The number of carbonyl (C=O) groups excluding carboxylic acids is 1. The summed E-state index contributed by atoms with van der Waals surface area (Å²) < 4.78 is 3.32. The molecule has 5 rings (SSSR count). The van der Waals surface area contributed by atoms with E-state index in [1.54, 1.807) is 21.6 Å². The van der Waals surface area contributed by atoms with Crippen molar-refractivity contribution in [3.63, 3.8) is 0 Å². The van der Waals surface area contributed by atoms with Gasteiger partial charge in [0.15, 0.2) is 11.5 Å². The second-order valence-corrected chi connectivity index (χ2v) is 6.86. The molecule has 0 saturated carbocycles. The van der Waals surface area contributed by atoms with Gasteiger partial charge in [0.25, 0.3) is 0 Å².